The van der Waals surface area contributed by atoms with Gasteiger partial charge in [-0.05, 0) is 62.8 Å². The van der Waals surface area contributed by atoms with Gasteiger partial charge in [0.2, 0.25) is 0 Å². The first-order valence-electron chi connectivity index (χ1n) is 10.7. The van der Waals surface area contributed by atoms with Crippen LogP contribution in [0.3, 0.4) is 0 Å². The quantitative estimate of drug-likeness (QED) is 0.779. The van der Waals surface area contributed by atoms with E-state index in [0.29, 0.717) is 5.92 Å². The molecule has 2 aliphatic rings. The molecule has 0 N–H and O–H groups in total. The van der Waals surface area contributed by atoms with Crippen molar-refractivity contribution in [1.29, 1.82) is 0 Å². The number of para-hydroxylation sites is 2. The molecule has 4 nitrogen and oxygen atoms in total. The normalized spacial score (nSPS) is 23.6. The Kier molecular flexibility index (Phi) is 5.86. The van der Waals surface area contributed by atoms with Crippen molar-refractivity contribution in [2.75, 3.05) is 38.2 Å². The fraction of sp³-hybridized carbons (Fsp3) is 0.542. The Morgan fingerprint density at radius 2 is 1.68 bits per heavy atom. The molecule has 1 saturated heterocycles. The van der Waals surface area contributed by atoms with Gasteiger partial charge in [-0.3, -0.25) is 9.88 Å². The van der Waals surface area contributed by atoms with Gasteiger partial charge in [-0.25, -0.2) is 0 Å². The predicted molar refractivity (Wildman–Crippen MR) is 115 cm³/mol. The number of rotatable bonds is 4. The number of nitrogens with zero attached hydrogens (tertiary/aromatic N) is 3. The maximum Gasteiger partial charge on any atom is 0.142 e. The molecule has 0 atom stereocenters. The number of hydrogen-bond acceptors (Lipinski definition) is 4. The highest BCUT2D eigenvalue weighted by molar-refractivity contribution is 5.58. The summed E-state index contributed by atoms with van der Waals surface area (Å²) in [6.45, 7) is 8.81. The van der Waals surface area contributed by atoms with Gasteiger partial charge in [-0.1, -0.05) is 18.2 Å². The van der Waals surface area contributed by atoms with Crippen molar-refractivity contribution < 1.29 is 4.74 Å². The summed E-state index contributed by atoms with van der Waals surface area (Å²) < 4.78 is 5.55. The first-order chi connectivity index (χ1) is 13.7. The molecule has 1 saturated carbocycles. The van der Waals surface area contributed by atoms with Gasteiger partial charge in [0.05, 0.1) is 12.8 Å². The minimum atomic E-state index is 0.645. The zero-order valence-corrected chi connectivity index (χ0v) is 17.5. The van der Waals surface area contributed by atoms with E-state index in [1.54, 1.807) is 7.11 Å². The smallest absolute Gasteiger partial charge is 0.142 e. The summed E-state index contributed by atoms with van der Waals surface area (Å²) in [7, 11) is 1.76. The van der Waals surface area contributed by atoms with Gasteiger partial charge in [0.1, 0.15) is 5.75 Å². The molecule has 28 heavy (non-hydrogen) atoms. The molecule has 0 unspecified atom stereocenters. The lowest BCUT2D eigenvalue weighted by Crippen LogP contribution is -2.51. The summed E-state index contributed by atoms with van der Waals surface area (Å²) in [6.07, 6.45) is 7.18. The van der Waals surface area contributed by atoms with Crippen molar-refractivity contribution >= 4 is 5.69 Å². The SMILES string of the molecule is COc1ccccc1N1CCN([C@H]2CC[C@H](c3ncc(C)cc3C)CC2)CC1. The minimum Gasteiger partial charge on any atom is -0.495 e. The summed E-state index contributed by atoms with van der Waals surface area (Å²) in [5.41, 5.74) is 5.20. The number of ether oxygens (including phenoxy) is 1. The van der Waals surface area contributed by atoms with Gasteiger partial charge in [0.25, 0.3) is 0 Å². The molecule has 0 spiro atoms. The first-order valence-corrected chi connectivity index (χ1v) is 10.7. The average Bonchev–Trinajstić information content (AvgIpc) is 2.74. The monoisotopic (exact) mass is 379 g/mol. The number of pyridine rings is 1. The largest absolute Gasteiger partial charge is 0.495 e. The van der Waals surface area contributed by atoms with Crippen molar-refractivity contribution in [3.05, 3.63) is 53.3 Å². The van der Waals surface area contributed by atoms with Crippen LogP contribution in [0.5, 0.6) is 5.75 Å². The third kappa shape index (κ3) is 4.02. The van der Waals surface area contributed by atoms with Crippen molar-refractivity contribution in [3.8, 4) is 5.75 Å². The maximum absolute atomic E-state index is 5.55. The summed E-state index contributed by atoms with van der Waals surface area (Å²) in [5.74, 6) is 1.63. The van der Waals surface area contributed by atoms with E-state index in [9.17, 15) is 0 Å². The van der Waals surface area contributed by atoms with E-state index in [-0.39, 0.29) is 0 Å². The third-order valence-electron chi connectivity index (χ3n) is 6.60. The number of hydrogen-bond donors (Lipinski definition) is 0. The van der Waals surface area contributed by atoms with Crippen LogP contribution in [0.4, 0.5) is 5.69 Å². The fourth-order valence-electron chi connectivity index (χ4n) is 5.09. The van der Waals surface area contributed by atoms with E-state index >= 15 is 0 Å². The van der Waals surface area contributed by atoms with Crippen molar-refractivity contribution in [2.45, 2.75) is 51.5 Å². The second-order valence-electron chi connectivity index (χ2n) is 8.42. The highest BCUT2D eigenvalue weighted by Gasteiger charge is 2.30. The van der Waals surface area contributed by atoms with Crippen LogP contribution in [0, 0.1) is 13.8 Å². The standard InChI is InChI=1S/C24H33N3O/c1-18-16-19(2)24(25-17-18)20-8-10-21(11-9-20)26-12-14-27(15-13-26)22-6-4-5-7-23(22)28-3/h4-7,16-17,20-21H,8-15H2,1-3H3/t20-,21-. The zero-order chi connectivity index (χ0) is 19.5. The van der Waals surface area contributed by atoms with Crippen molar-refractivity contribution in [3.63, 3.8) is 0 Å². The minimum absolute atomic E-state index is 0.645. The number of aryl methyl sites for hydroxylation is 2. The highest BCUT2D eigenvalue weighted by atomic mass is 16.5. The van der Waals surface area contributed by atoms with Gasteiger partial charge in [-0.15, -0.1) is 0 Å². The van der Waals surface area contributed by atoms with Crippen molar-refractivity contribution in [1.82, 2.24) is 9.88 Å². The molecule has 2 heterocycles. The predicted octanol–water partition coefficient (Wildman–Crippen LogP) is 4.56. The second kappa shape index (κ2) is 8.52. The molecule has 1 aliphatic heterocycles. The summed E-state index contributed by atoms with van der Waals surface area (Å²) in [4.78, 5) is 9.96. The lowest BCUT2D eigenvalue weighted by atomic mass is 9.82. The van der Waals surface area contributed by atoms with Crippen LogP contribution < -0.4 is 9.64 Å². The Morgan fingerprint density at radius 1 is 0.964 bits per heavy atom. The highest BCUT2D eigenvalue weighted by Crippen LogP contribution is 2.36. The third-order valence-corrected chi connectivity index (χ3v) is 6.60. The Hall–Kier alpha value is -2.07. The van der Waals surface area contributed by atoms with Crippen LogP contribution in [0.2, 0.25) is 0 Å². The number of methoxy groups -OCH3 is 1. The zero-order valence-electron chi connectivity index (χ0n) is 17.5. The van der Waals surface area contributed by atoms with Crippen LogP contribution in [-0.2, 0) is 0 Å². The molecule has 0 bridgehead atoms. The Balaban J connectivity index is 1.32. The number of benzene rings is 1. The number of aromatic nitrogens is 1. The molecule has 1 aliphatic carbocycles. The average molecular weight is 380 g/mol. The summed E-state index contributed by atoms with van der Waals surface area (Å²) in [5, 5.41) is 0. The Labute approximate surface area is 169 Å². The van der Waals surface area contributed by atoms with E-state index < -0.39 is 0 Å². The van der Waals surface area contributed by atoms with Crippen LogP contribution >= 0.6 is 0 Å². The molecular formula is C24H33N3O. The van der Waals surface area contributed by atoms with Gasteiger partial charge >= 0.3 is 0 Å². The van der Waals surface area contributed by atoms with Crippen LogP contribution in [0.1, 0.15) is 48.4 Å². The molecule has 1 aromatic carbocycles. The molecule has 4 heteroatoms. The number of piperazine rings is 1. The lowest BCUT2D eigenvalue weighted by molar-refractivity contribution is 0.140. The molecular weight excluding hydrogens is 346 g/mol. The molecule has 1 aromatic heterocycles. The molecule has 4 rings (SSSR count). The maximum atomic E-state index is 5.55. The topological polar surface area (TPSA) is 28.6 Å². The van der Waals surface area contributed by atoms with Crippen LogP contribution in [0.25, 0.3) is 0 Å². The first kappa shape index (κ1) is 19.3. The molecule has 2 fully saturated rings. The fourth-order valence-corrected chi connectivity index (χ4v) is 5.09. The van der Waals surface area contributed by atoms with E-state index in [2.05, 4.69) is 47.9 Å². The summed E-state index contributed by atoms with van der Waals surface area (Å²) >= 11 is 0. The molecule has 150 valence electrons. The molecule has 0 amide bonds. The van der Waals surface area contributed by atoms with Crippen LogP contribution in [0.15, 0.2) is 36.5 Å². The molecule has 0 radical (unpaired) electrons. The Morgan fingerprint density at radius 3 is 2.36 bits per heavy atom. The van der Waals surface area contributed by atoms with Gasteiger partial charge in [0.15, 0.2) is 0 Å². The second-order valence-corrected chi connectivity index (χ2v) is 8.42. The summed E-state index contributed by atoms with van der Waals surface area (Å²) in [6, 6.07) is 11.4. The lowest BCUT2D eigenvalue weighted by Gasteiger charge is -2.43. The van der Waals surface area contributed by atoms with Gasteiger partial charge in [-0.2, -0.15) is 0 Å². The number of anilines is 1. The van der Waals surface area contributed by atoms with Crippen LogP contribution in [-0.4, -0.2) is 49.2 Å². The van der Waals surface area contributed by atoms with Gasteiger partial charge in [0, 0.05) is 50.0 Å². The van der Waals surface area contributed by atoms with E-state index in [4.69, 9.17) is 9.72 Å². The van der Waals surface area contributed by atoms with E-state index in [0.717, 1.165) is 38.0 Å². The van der Waals surface area contributed by atoms with Crippen molar-refractivity contribution in [2.24, 2.45) is 0 Å². The van der Waals surface area contributed by atoms with Gasteiger partial charge < -0.3 is 9.64 Å². The Bertz CT molecular complexity index is 790. The van der Waals surface area contributed by atoms with E-state index in [1.165, 1.54) is 48.2 Å². The molecule has 2 aromatic rings. The van der Waals surface area contributed by atoms with E-state index in [1.807, 2.05) is 12.3 Å².